The highest BCUT2D eigenvalue weighted by atomic mass is 16.8. The smallest absolute Gasteiger partial charge is 0.336 e. The van der Waals surface area contributed by atoms with E-state index in [2.05, 4.69) is 0 Å². The highest BCUT2D eigenvalue weighted by molar-refractivity contribution is 5.93. The average molecular weight is 405 g/mol. The van der Waals surface area contributed by atoms with Crippen molar-refractivity contribution in [1.29, 1.82) is 0 Å². The fourth-order valence-electron chi connectivity index (χ4n) is 3.34. The predicted octanol–water partition coefficient (Wildman–Crippen LogP) is 3.55. The highest BCUT2D eigenvalue weighted by Crippen LogP contribution is 2.32. The SMILES string of the molecule is Cc1cccc(/C=C/C[C@H]2OC(C)(C)O[C@@H]2C(O)/C=C\[C@H](C)[C@H](C)O)c1C(=O)O. The first-order valence-electron chi connectivity index (χ1n) is 9.91. The molecule has 0 saturated carbocycles. The quantitative estimate of drug-likeness (QED) is 0.574. The fraction of sp³-hybridized carbons (Fsp3) is 0.522. The third-order valence-electron chi connectivity index (χ3n) is 5.12. The van der Waals surface area contributed by atoms with Crippen LogP contribution in [0.3, 0.4) is 0 Å². The van der Waals surface area contributed by atoms with Crippen LogP contribution >= 0.6 is 0 Å². The normalized spacial score (nSPS) is 24.8. The van der Waals surface area contributed by atoms with Gasteiger partial charge in [0.1, 0.15) is 12.2 Å². The summed E-state index contributed by atoms with van der Waals surface area (Å²) in [6, 6.07) is 5.35. The molecule has 29 heavy (non-hydrogen) atoms. The second-order valence-corrected chi connectivity index (χ2v) is 8.10. The topological polar surface area (TPSA) is 96.2 Å². The van der Waals surface area contributed by atoms with Crippen LogP contribution in [-0.2, 0) is 9.47 Å². The zero-order valence-electron chi connectivity index (χ0n) is 17.7. The summed E-state index contributed by atoms with van der Waals surface area (Å²) < 4.78 is 11.8. The summed E-state index contributed by atoms with van der Waals surface area (Å²) in [6.07, 6.45) is 5.12. The van der Waals surface area contributed by atoms with Crippen molar-refractivity contribution in [3.8, 4) is 0 Å². The number of ether oxygens (including phenoxy) is 2. The molecular formula is C23H32O6. The Kier molecular flexibility index (Phi) is 7.77. The Labute approximate surface area is 172 Å². The third-order valence-corrected chi connectivity index (χ3v) is 5.12. The van der Waals surface area contributed by atoms with Crippen molar-refractivity contribution >= 4 is 12.0 Å². The second-order valence-electron chi connectivity index (χ2n) is 8.10. The minimum atomic E-state index is -0.963. The van der Waals surface area contributed by atoms with Gasteiger partial charge in [-0.15, -0.1) is 0 Å². The van der Waals surface area contributed by atoms with E-state index in [-0.39, 0.29) is 17.6 Å². The molecule has 1 aliphatic heterocycles. The van der Waals surface area contributed by atoms with Gasteiger partial charge in [0.15, 0.2) is 5.79 Å². The summed E-state index contributed by atoms with van der Waals surface area (Å²) in [7, 11) is 0. The van der Waals surface area contributed by atoms with E-state index >= 15 is 0 Å². The first-order chi connectivity index (χ1) is 13.5. The van der Waals surface area contributed by atoms with Gasteiger partial charge in [0.2, 0.25) is 0 Å². The van der Waals surface area contributed by atoms with Gasteiger partial charge in [-0.05, 0) is 51.2 Å². The standard InChI is InChI=1S/C23H32O6/c1-14(16(3)24)12-13-18(25)21-19(28-23(4,5)29-21)11-7-10-17-9-6-8-15(2)20(17)22(26)27/h6-10,12-14,16,18-19,21,24-25H,11H2,1-5H3,(H,26,27)/b10-7+,13-12-/t14-,16-,18?,19+,21+/m0/s1. The van der Waals surface area contributed by atoms with Crippen molar-refractivity contribution in [3.05, 3.63) is 53.1 Å². The fourth-order valence-corrected chi connectivity index (χ4v) is 3.34. The van der Waals surface area contributed by atoms with E-state index in [0.717, 1.165) is 0 Å². The van der Waals surface area contributed by atoms with Crippen LogP contribution in [0.2, 0.25) is 0 Å². The predicted molar refractivity (Wildman–Crippen MR) is 112 cm³/mol. The van der Waals surface area contributed by atoms with Gasteiger partial charge >= 0.3 is 5.97 Å². The lowest BCUT2D eigenvalue weighted by molar-refractivity contribution is -0.152. The van der Waals surface area contributed by atoms with Crippen LogP contribution in [0, 0.1) is 12.8 Å². The molecule has 1 unspecified atom stereocenters. The molecule has 160 valence electrons. The maximum atomic E-state index is 11.5. The number of hydrogen-bond donors (Lipinski definition) is 3. The van der Waals surface area contributed by atoms with Gasteiger partial charge in [0, 0.05) is 0 Å². The van der Waals surface area contributed by atoms with Crippen LogP contribution < -0.4 is 0 Å². The van der Waals surface area contributed by atoms with Crippen LogP contribution in [0.25, 0.3) is 6.08 Å². The van der Waals surface area contributed by atoms with Gasteiger partial charge in [-0.2, -0.15) is 0 Å². The van der Waals surface area contributed by atoms with Gasteiger partial charge < -0.3 is 24.8 Å². The maximum absolute atomic E-state index is 11.5. The average Bonchev–Trinajstić information content (AvgIpc) is 2.93. The lowest BCUT2D eigenvalue weighted by Crippen LogP contribution is -2.34. The zero-order valence-corrected chi connectivity index (χ0v) is 17.7. The van der Waals surface area contributed by atoms with E-state index < -0.39 is 30.1 Å². The van der Waals surface area contributed by atoms with Crippen LogP contribution in [0.4, 0.5) is 0 Å². The second kappa shape index (κ2) is 9.67. The van der Waals surface area contributed by atoms with E-state index in [0.29, 0.717) is 17.5 Å². The first-order valence-corrected chi connectivity index (χ1v) is 9.91. The van der Waals surface area contributed by atoms with Crippen molar-refractivity contribution in [3.63, 3.8) is 0 Å². The van der Waals surface area contributed by atoms with E-state index in [1.807, 2.05) is 19.1 Å². The Bertz CT molecular complexity index is 765. The summed E-state index contributed by atoms with van der Waals surface area (Å²) in [6.45, 7) is 8.92. The molecule has 1 aromatic rings. The number of rotatable bonds is 8. The Balaban J connectivity index is 2.13. The lowest BCUT2D eigenvalue weighted by atomic mass is 9.99. The molecule has 6 nitrogen and oxygen atoms in total. The van der Waals surface area contributed by atoms with Gasteiger partial charge in [-0.25, -0.2) is 4.79 Å². The molecule has 1 aromatic carbocycles. The summed E-state index contributed by atoms with van der Waals surface area (Å²) in [5, 5.41) is 29.6. The number of aliphatic hydroxyl groups excluding tert-OH is 2. The molecule has 2 rings (SSSR count). The number of carboxylic acid groups (broad SMARTS) is 1. The first kappa shape index (κ1) is 23.3. The van der Waals surface area contributed by atoms with Crippen molar-refractivity contribution in [2.24, 2.45) is 5.92 Å². The number of aryl methyl sites for hydroxylation is 1. The molecule has 0 aromatic heterocycles. The van der Waals surface area contributed by atoms with Crippen LogP contribution in [0.5, 0.6) is 0 Å². The maximum Gasteiger partial charge on any atom is 0.336 e. The Morgan fingerprint density at radius 1 is 1.21 bits per heavy atom. The Hall–Kier alpha value is -1.99. The van der Waals surface area contributed by atoms with Crippen LogP contribution in [0.1, 0.15) is 55.6 Å². The van der Waals surface area contributed by atoms with Crippen molar-refractivity contribution in [2.45, 2.75) is 71.2 Å². The molecule has 0 amide bonds. The van der Waals surface area contributed by atoms with E-state index in [4.69, 9.17) is 9.47 Å². The molecule has 6 heteroatoms. The Morgan fingerprint density at radius 2 is 1.90 bits per heavy atom. The van der Waals surface area contributed by atoms with Crippen molar-refractivity contribution < 1.29 is 29.6 Å². The molecule has 0 aliphatic carbocycles. The molecule has 1 saturated heterocycles. The molecule has 0 spiro atoms. The summed E-state index contributed by atoms with van der Waals surface area (Å²) >= 11 is 0. The number of carbonyl (C=O) groups is 1. The number of carboxylic acids is 1. The lowest BCUT2D eigenvalue weighted by Gasteiger charge is -2.20. The monoisotopic (exact) mass is 404 g/mol. The number of aliphatic hydroxyl groups is 2. The largest absolute Gasteiger partial charge is 0.478 e. The minimum Gasteiger partial charge on any atom is -0.478 e. The highest BCUT2D eigenvalue weighted by Gasteiger charge is 2.43. The van der Waals surface area contributed by atoms with Gasteiger partial charge in [-0.1, -0.05) is 49.4 Å². The van der Waals surface area contributed by atoms with E-state index in [9.17, 15) is 20.1 Å². The molecule has 1 heterocycles. The van der Waals surface area contributed by atoms with Crippen LogP contribution in [-0.4, -0.2) is 51.5 Å². The van der Waals surface area contributed by atoms with E-state index in [1.54, 1.807) is 58.1 Å². The molecule has 1 aliphatic rings. The van der Waals surface area contributed by atoms with Crippen LogP contribution in [0.15, 0.2) is 36.4 Å². The Morgan fingerprint density at radius 3 is 2.52 bits per heavy atom. The van der Waals surface area contributed by atoms with Gasteiger partial charge in [0.25, 0.3) is 0 Å². The van der Waals surface area contributed by atoms with Crippen molar-refractivity contribution in [1.82, 2.24) is 0 Å². The summed E-state index contributed by atoms with van der Waals surface area (Å²) in [4.78, 5) is 11.5. The number of benzene rings is 1. The summed E-state index contributed by atoms with van der Waals surface area (Å²) in [5.41, 5.74) is 1.60. The molecule has 0 bridgehead atoms. The number of aromatic carboxylic acids is 1. The van der Waals surface area contributed by atoms with E-state index in [1.165, 1.54) is 0 Å². The summed E-state index contributed by atoms with van der Waals surface area (Å²) in [5.74, 6) is -1.88. The number of hydrogen-bond acceptors (Lipinski definition) is 5. The molecule has 5 atom stereocenters. The third kappa shape index (κ3) is 6.24. The zero-order chi connectivity index (χ0) is 21.8. The minimum absolute atomic E-state index is 0.0888. The van der Waals surface area contributed by atoms with Gasteiger partial charge in [-0.3, -0.25) is 0 Å². The van der Waals surface area contributed by atoms with Crippen molar-refractivity contribution in [2.75, 3.05) is 0 Å². The molecule has 1 fully saturated rings. The molecule has 0 radical (unpaired) electrons. The molecular weight excluding hydrogens is 372 g/mol. The van der Waals surface area contributed by atoms with Gasteiger partial charge in [0.05, 0.1) is 17.8 Å². The molecule has 3 N–H and O–H groups in total.